The Bertz CT molecular complexity index is 440. The average molecular weight is 257 g/mol. The van der Waals surface area contributed by atoms with Gasteiger partial charge in [-0.25, -0.2) is 15.1 Å². The van der Waals surface area contributed by atoms with Crippen molar-refractivity contribution in [3.63, 3.8) is 0 Å². The first-order valence-electron chi connectivity index (χ1n) is 4.64. The molecule has 0 atom stereocenters. The van der Waals surface area contributed by atoms with Gasteiger partial charge in [0.05, 0.1) is 6.61 Å². The molecule has 1 rings (SSSR count). The summed E-state index contributed by atoms with van der Waals surface area (Å²) in [7, 11) is 0. The standard InChI is InChI=1S/C10H11NO5S/c1-3-15-8-5-17-4-7(8)11-16-10(14)6(2)9(12)13/h4-5,11H,2-3H2,1H3,(H,12,13). The van der Waals surface area contributed by atoms with E-state index in [4.69, 9.17) is 9.84 Å². The van der Waals surface area contributed by atoms with E-state index >= 15 is 0 Å². The molecule has 0 saturated heterocycles. The second-order valence-electron chi connectivity index (χ2n) is 2.86. The Morgan fingerprint density at radius 2 is 2.24 bits per heavy atom. The predicted octanol–water partition coefficient (Wildman–Crippen LogP) is 1.66. The zero-order valence-electron chi connectivity index (χ0n) is 9.06. The van der Waals surface area contributed by atoms with E-state index in [1.54, 1.807) is 10.8 Å². The van der Waals surface area contributed by atoms with Gasteiger partial charge in [-0.1, -0.05) is 6.58 Å². The molecular weight excluding hydrogens is 246 g/mol. The Labute approximate surface area is 101 Å². The molecule has 0 radical (unpaired) electrons. The Balaban J connectivity index is 2.55. The molecule has 0 unspecified atom stereocenters. The number of anilines is 1. The van der Waals surface area contributed by atoms with Crippen LogP contribution >= 0.6 is 11.3 Å². The molecule has 0 aliphatic rings. The number of aliphatic carboxylic acids is 1. The van der Waals surface area contributed by atoms with Gasteiger partial charge in [-0.2, -0.15) is 0 Å². The lowest BCUT2D eigenvalue weighted by molar-refractivity contribution is -0.142. The van der Waals surface area contributed by atoms with E-state index in [0.717, 1.165) is 0 Å². The fourth-order valence-electron chi connectivity index (χ4n) is 0.877. The predicted molar refractivity (Wildman–Crippen MR) is 62.0 cm³/mol. The molecule has 1 aromatic heterocycles. The van der Waals surface area contributed by atoms with Crippen molar-refractivity contribution < 1.29 is 24.3 Å². The maximum atomic E-state index is 11.1. The summed E-state index contributed by atoms with van der Waals surface area (Å²) in [5.41, 5.74) is 2.14. The van der Waals surface area contributed by atoms with Gasteiger partial charge in [0.25, 0.3) is 0 Å². The molecule has 1 heterocycles. The van der Waals surface area contributed by atoms with Crippen LogP contribution in [0.15, 0.2) is 22.9 Å². The number of hydrogen-bond acceptors (Lipinski definition) is 6. The molecule has 6 nitrogen and oxygen atoms in total. The van der Waals surface area contributed by atoms with Crippen LogP contribution in [0.4, 0.5) is 5.69 Å². The second-order valence-corrected chi connectivity index (χ2v) is 3.60. The van der Waals surface area contributed by atoms with E-state index in [1.165, 1.54) is 11.3 Å². The highest BCUT2D eigenvalue weighted by atomic mass is 32.1. The lowest BCUT2D eigenvalue weighted by atomic mass is 10.3. The summed E-state index contributed by atoms with van der Waals surface area (Å²) in [6, 6.07) is 0. The van der Waals surface area contributed by atoms with Crippen molar-refractivity contribution in [1.29, 1.82) is 0 Å². The van der Waals surface area contributed by atoms with Crippen LogP contribution in [0.2, 0.25) is 0 Å². The van der Waals surface area contributed by atoms with Crippen molar-refractivity contribution in [3.05, 3.63) is 22.9 Å². The van der Waals surface area contributed by atoms with Crippen molar-refractivity contribution in [2.75, 3.05) is 12.1 Å². The fraction of sp³-hybridized carbons (Fsp3) is 0.200. The normalized spacial score (nSPS) is 9.47. The topological polar surface area (TPSA) is 84.9 Å². The number of nitrogens with one attached hydrogen (secondary N) is 1. The Hall–Kier alpha value is -2.02. The van der Waals surface area contributed by atoms with Crippen LogP contribution in [0.25, 0.3) is 0 Å². The maximum Gasteiger partial charge on any atom is 0.369 e. The summed E-state index contributed by atoms with van der Waals surface area (Å²) in [6.45, 7) is 5.36. The number of ether oxygens (including phenoxy) is 1. The van der Waals surface area contributed by atoms with Gasteiger partial charge >= 0.3 is 11.9 Å². The number of carboxylic acids is 1. The largest absolute Gasteiger partial charge is 0.491 e. The van der Waals surface area contributed by atoms with E-state index in [2.05, 4.69) is 16.9 Å². The van der Waals surface area contributed by atoms with E-state index in [1.807, 2.05) is 6.92 Å². The molecule has 1 aromatic rings. The minimum atomic E-state index is -1.42. The molecule has 0 fully saturated rings. The number of carbonyl (C=O) groups is 2. The van der Waals surface area contributed by atoms with Crippen LogP contribution in [0, 0.1) is 0 Å². The summed E-state index contributed by atoms with van der Waals surface area (Å²) >= 11 is 1.35. The first-order valence-corrected chi connectivity index (χ1v) is 5.59. The van der Waals surface area contributed by atoms with Crippen molar-refractivity contribution in [3.8, 4) is 5.75 Å². The highest BCUT2D eigenvalue weighted by molar-refractivity contribution is 7.08. The van der Waals surface area contributed by atoms with Gasteiger partial charge < -0.3 is 14.7 Å². The Kier molecular flexibility index (Phi) is 4.53. The minimum Gasteiger partial charge on any atom is -0.491 e. The van der Waals surface area contributed by atoms with Gasteiger partial charge in [-0.15, -0.1) is 11.3 Å². The molecule has 0 aliphatic carbocycles. The third kappa shape index (κ3) is 3.49. The van der Waals surface area contributed by atoms with Gasteiger partial charge in [0.15, 0.2) is 5.75 Å². The second kappa shape index (κ2) is 5.90. The smallest absolute Gasteiger partial charge is 0.369 e. The van der Waals surface area contributed by atoms with Crippen LogP contribution in [-0.4, -0.2) is 23.7 Å². The highest BCUT2D eigenvalue weighted by Crippen LogP contribution is 2.29. The van der Waals surface area contributed by atoms with E-state index in [0.29, 0.717) is 18.0 Å². The average Bonchev–Trinajstić information content (AvgIpc) is 2.73. The lowest BCUT2D eigenvalue weighted by Gasteiger charge is -2.07. The van der Waals surface area contributed by atoms with Crippen LogP contribution in [0.5, 0.6) is 5.75 Å². The van der Waals surface area contributed by atoms with Crippen molar-refractivity contribution in [2.45, 2.75) is 6.92 Å². The summed E-state index contributed by atoms with van der Waals surface area (Å²) < 4.78 is 5.24. The lowest BCUT2D eigenvalue weighted by Crippen LogP contribution is -2.17. The molecule has 0 spiro atoms. The molecule has 0 bridgehead atoms. The maximum absolute atomic E-state index is 11.1. The van der Waals surface area contributed by atoms with Gasteiger partial charge in [0.1, 0.15) is 11.3 Å². The van der Waals surface area contributed by atoms with E-state index in [-0.39, 0.29) is 0 Å². The molecule has 17 heavy (non-hydrogen) atoms. The molecule has 0 aromatic carbocycles. The van der Waals surface area contributed by atoms with Crippen LogP contribution in [0.1, 0.15) is 6.92 Å². The number of hydrogen-bond donors (Lipinski definition) is 2. The summed E-state index contributed by atoms with van der Waals surface area (Å²) in [6.07, 6.45) is 0. The molecule has 92 valence electrons. The summed E-state index contributed by atoms with van der Waals surface area (Å²) in [5.74, 6) is -1.94. The highest BCUT2D eigenvalue weighted by Gasteiger charge is 2.17. The molecule has 0 saturated carbocycles. The van der Waals surface area contributed by atoms with E-state index < -0.39 is 17.5 Å². The monoisotopic (exact) mass is 257 g/mol. The third-order valence-corrected chi connectivity index (χ3v) is 2.41. The summed E-state index contributed by atoms with van der Waals surface area (Å²) in [4.78, 5) is 26.1. The van der Waals surface area contributed by atoms with Crippen molar-refractivity contribution in [1.82, 2.24) is 0 Å². The molecule has 0 amide bonds. The minimum absolute atomic E-state index is 0.461. The van der Waals surface area contributed by atoms with Gasteiger partial charge in [-0.3, -0.25) is 0 Å². The fourth-order valence-corrected chi connectivity index (χ4v) is 1.56. The Morgan fingerprint density at radius 3 is 2.82 bits per heavy atom. The number of carbonyl (C=O) groups excluding carboxylic acids is 1. The van der Waals surface area contributed by atoms with Gasteiger partial charge in [-0.05, 0) is 6.92 Å². The Morgan fingerprint density at radius 1 is 1.53 bits per heavy atom. The first kappa shape index (κ1) is 13.0. The van der Waals surface area contributed by atoms with Crippen LogP contribution in [0.3, 0.4) is 0 Å². The summed E-state index contributed by atoms with van der Waals surface area (Å²) in [5, 5.41) is 11.9. The zero-order chi connectivity index (χ0) is 12.8. The van der Waals surface area contributed by atoms with Crippen LogP contribution in [-0.2, 0) is 14.4 Å². The number of thiophene rings is 1. The van der Waals surface area contributed by atoms with E-state index in [9.17, 15) is 9.59 Å². The molecule has 7 heteroatoms. The van der Waals surface area contributed by atoms with Crippen molar-refractivity contribution >= 4 is 29.0 Å². The molecular formula is C10H11NO5S. The first-order chi connectivity index (χ1) is 8.06. The quantitative estimate of drug-likeness (QED) is 0.349. The van der Waals surface area contributed by atoms with Crippen LogP contribution < -0.4 is 10.2 Å². The number of rotatable bonds is 6. The SMILES string of the molecule is C=C(C(=O)O)C(=O)ONc1cscc1OCC. The van der Waals surface area contributed by atoms with Gasteiger partial charge in [0.2, 0.25) is 0 Å². The molecule has 0 aliphatic heterocycles. The third-order valence-electron chi connectivity index (χ3n) is 1.68. The zero-order valence-corrected chi connectivity index (χ0v) is 9.87. The molecule has 2 N–H and O–H groups in total. The van der Waals surface area contributed by atoms with Gasteiger partial charge in [0, 0.05) is 10.8 Å². The van der Waals surface area contributed by atoms with Crippen molar-refractivity contribution in [2.24, 2.45) is 0 Å². The number of carboxylic acid groups (broad SMARTS) is 1.